The number of anilines is 1. The Morgan fingerprint density at radius 1 is 1.23 bits per heavy atom. The van der Waals surface area contributed by atoms with Crippen molar-refractivity contribution in [3.63, 3.8) is 0 Å². The number of fused-ring (bicyclic) bond motifs is 1. The minimum absolute atomic E-state index is 0.296. The van der Waals surface area contributed by atoms with Gasteiger partial charge in [0.15, 0.2) is 0 Å². The van der Waals surface area contributed by atoms with Crippen LogP contribution in [0, 0.1) is 0 Å². The van der Waals surface area contributed by atoms with E-state index in [1.165, 1.54) is 17.5 Å². The molecule has 2 aromatic rings. The zero-order chi connectivity index (χ0) is 20.9. The van der Waals surface area contributed by atoms with Gasteiger partial charge < -0.3 is 21.1 Å². The van der Waals surface area contributed by atoms with Gasteiger partial charge in [0.1, 0.15) is 24.0 Å². The smallest absolute Gasteiger partial charge is 0.271 e. The van der Waals surface area contributed by atoms with Crippen molar-refractivity contribution in [2.75, 3.05) is 25.0 Å². The van der Waals surface area contributed by atoms with E-state index in [2.05, 4.69) is 43.0 Å². The predicted octanol–water partition coefficient (Wildman–Crippen LogP) is 1.14. The van der Waals surface area contributed by atoms with Gasteiger partial charge in [-0.15, -0.1) is 0 Å². The van der Waals surface area contributed by atoms with Gasteiger partial charge in [-0.2, -0.15) is 0 Å². The average Bonchev–Trinajstić information content (AvgIpc) is 2.77. The van der Waals surface area contributed by atoms with Crippen molar-refractivity contribution >= 4 is 11.7 Å². The first-order valence-electron chi connectivity index (χ1n) is 10.7. The molecule has 1 fully saturated rings. The average molecular weight is 411 g/mol. The monoisotopic (exact) mass is 410 g/mol. The lowest BCUT2D eigenvalue weighted by Gasteiger charge is -2.37. The number of piperidine rings is 1. The molecule has 1 amide bonds. The van der Waals surface area contributed by atoms with Crippen molar-refractivity contribution in [2.24, 2.45) is 0 Å². The van der Waals surface area contributed by atoms with Crippen molar-refractivity contribution in [1.29, 1.82) is 0 Å². The maximum atomic E-state index is 12.9. The maximum absolute atomic E-state index is 12.9. The van der Waals surface area contributed by atoms with Crippen LogP contribution >= 0.6 is 0 Å². The standard InChI is InChI=1S/C22H30N6O2/c1-15(29)21(28-11-8-16-4-2-3-5-17(16)13-28)27-22(30)19-12-20(25-14-24-19)26-18-6-9-23-10-7-18/h2-5,12,14-15,18,21,23,29H,6-11,13H2,1H3,(H,27,30)(H,24,25,26). The van der Waals surface area contributed by atoms with E-state index in [0.29, 0.717) is 24.1 Å². The molecule has 160 valence electrons. The summed E-state index contributed by atoms with van der Waals surface area (Å²) in [5, 5.41) is 20.1. The summed E-state index contributed by atoms with van der Waals surface area (Å²) in [6.45, 7) is 5.13. The Morgan fingerprint density at radius 2 is 2.00 bits per heavy atom. The van der Waals surface area contributed by atoms with E-state index in [4.69, 9.17) is 0 Å². The number of hydrogen-bond acceptors (Lipinski definition) is 7. The minimum Gasteiger partial charge on any atom is -0.390 e. The first kappa shape index (κ1) is 20.7. The molecule has 4 rings (SSSR count). The van der Waals surface area contributed by atoms with Crippen LogP contribution in [0.3, 0.4) is 0 Å². The molecule has 1 saturated heterocycles. The Bertz CT molecular complexity index is 868. The number of amides is 1. The van der Waals surface area contributed by atoms with E-state index in [0.717, 1.165) is 38.9 Å². The van der Waals surface area contributed by atoms with Crippen LogP contribution in [0.1, 0.15) is 41.4 Å². The van der Waals surface area contributed by atoms with E-state index in [9.17, 15) is 9.90 Å². The third-order valence-corrected chi connectivity index (χ3v) is 5.88. The fourth-order valence-electron chi connectivity index (χ4n) is 4.22. The number of benzene rings is 1. The van der Waals surface area contributed by atoms with Gasteiger partial charge >= 0.3 is 0 Å². The fourth-order valence-corrected chi connectivity index (χ4v) is 4.22. The van der Waals surface area contributed by atoms with E-state index in [1.54, 1.807) is 13.0 Å². The van der Waals surface area contributed by atoms with Gasteiger partial charge in [0.25, 0.3) is 5.91 Å². The van der Waals surface area contributed by atoms with Gasteiger partial charge in [0, 0.05) is 25.2 Å². The molecule has 4 N–H and O–H groups in total. The van der Waals surface area contributed by atoms with Crippen molar-refractivity contribution in [2.45, 2.75) is 51.0 Å². The van der Waals surface area contributed by atoms with Crippen LogP contribution in [-0.4, -0.2) is 63.8 Å². The normalized spacial score (nSPS) is 19.5. The Morgan fingerprint density at radius 3 is 2.77 bits per heavy atom. The zero-order valence-corrected chi connectivity index (χ0v) is 17.3. The second-order valence-corrected chi connectivity index (χ2v) is 8.11. The molecule has 0 aliphatic carbocycles. The third kappa shape index (κ3) is 4.95. The highest BCUT2D eigenvalue weighted by Crippen LogP contribution is 2.21. The Labute approximate surface area is 177 Å². The van der Waals surface area contributed by atoms with Crippen molar-refractivity contribution in [1.82, 2.24) is 25.5 Å². The van der Waals surface area contributed by atoms with Crippen LogP contribution in [0.5, 0.6) is 0 Å². The van der Waals surface area contributed by atoms with Gasteiger partial charge in [0.2, 0.25) is 0 Å². The number of aromatic nitrogens is 2. The molecule has 8 heteroatoms. The molecule has 0 radical (unpaired) electrons. The molecule has 0 bridgehead atoms. The topological polar surface area (TPSA) is 102 Å². The summed E-state index contributed by atoms with van der Waals surface area (Å²) in [4.78, 5) is 23.4. The number of nitrogens with zero attached hydrogens (tertiary/aromatic N) is 3. The summed E-state index contributed by atoms with van der Waals surface area (Å²) >= 11 is 0. The summed E-state index contributed by atoms with van der Waals surface area (Å²) in [5.41, 5.74) is 2.86. The van der Waals surface area contributed by atoms with Gasteiger partial charge in [-0.25, -0.2) is 9.97 Å². The van der Waals surface area contributed by atoms with Gasteiger partial charge in [-0.05, 0) is 50.4 Å². The van der Waals surface area contributed by atoms with Crippen molar-refractivity contribution < 1.29 is 9.90 Å². The predicted molar refractivity (Wildman–Crippen MR) is 115 cm³/mol. The lowest BCUT2D eigenvalue weighted by molar-refractivity contribution is 0.0297. The minimum atomic E-state index is -0.714. The molecule has 2 unspecified atom stereocenters. The first-order valence-corrected chi connectivity index (χ1v) is 10.7. The summed E-state index contributed by atoms with van der Waals surface area (Å²) < 4.78 is 0. The molecule has 2 aliphatic heterocycles. The van der Waals surface area contributed by atoms with E-state index in [-0.39, 0.29) is 5.91 Å². The molecule has 1 aromatic carbocycles. The number of carbonyl (C=O) groups is 1. The van der Waals surface area contributed by atoms with Crippen LogP contribution in [0.15, 0.2) is 36.7 Å². The van der Waals surface area contributed by atoms with Crippen LogP contribution < -0.4 is 16.0 Å². The number of carbonyl (C=O) groups excluding carboxylic acids is 1. The van der Waals surface area contributed by atoms with Crippen LogP contribution in [-0.2, 0) is 13.0 Å². The quantitative estimate of drug-likeness (QED) is 0.566. The molecule has 2 atom stereocenters. The van der Waals surface area contributed by atoms with Crippen molar-refractivity contribution in [3.05, 3.63) is 53.5 Å². The van der Waals surface area contributed by atoms with Gasteiger partial charge in [-0.3, -0.25) is 9.69 Å². The maximum Gasteiger partial charge on any atom is 0.271 e. The Kier molecular flexibility index (Phi) is 6.56. The van der Waals surface area contributed by atoms with Crippen LogP contribution in [0.25, 0.3) is 0 Å². The van der Waals surface area contributed by atoms with Crippen LogP contribution in [0.2, 0.25) is 0 Å². The molecule has 1 aromatic heterocycles. The molecular formula is C22H30N6O2. The second kappa shape index (κ2) is 9.51. The fraction of sp³-hybridized carbons (Fsp3) is 0.500. The highest BCUT2D eigenvalue weighted by Gasteiger charge is 2.29. The first-order chi connectivity index (χ1) is 14.6. The lowest BCUT2D eigenvalue weighted by Crippen LogP contribution is -2.55. The van der Waals surface area contributed by atoms with Gasteiger partial charge in [-0.1, -0.05) is 24.3 Å². The third-order valence-electron chi connectivity index (χ3n) is 5.88. The Hall–Kier alpha value is -2.55. The van der Waals surface area contributed by atoms with E-state index in [1.807, 2.05) is 12.1 Å². The summed E-state index contributed by atoms with van der Waals surface area (Å²) in [5.74, 6) is 0.345. The van der Waals surface area contributed by atoms with E-state index < -0.39 is 12.3 Å². The molecule has 8 nitrogen and oxygen atoms in total. The highest BCUT2D eigenvalue weighted by molar-refractivity contribution is 5.93. The molecule has 0 spiro atoms. The SMILES string of the molecule is CC(O)C(NC(=O)c1cc(NC2CCNCC2)ncn1)N1CCc2ccccc2C1. The molecule has 30 heavy (non-hydrogen) atoms. The number of aliphatic hydroxyl groups is 1. The summed E-state index contributed by atoms with van der Waals surface area (Å²) in [6.07, 6.45) is 3.15. The summed E-state index contributed by atoms with van der Waals surface area (Å²) in [7, 11) is 0. The molecule has 3 heterocycles. The van der Waals surface area contributed by atoms with E-state index >= 15 is 0 Å². The second-order valence-electron chi connectivity index (χ2n) is 8.11. The molecule has 0 saturated carbocycles. The van der Waals surface area contributed by atoms with Crippen LogP contribution in [0.4, 0.5) is 5.82 Å². The van der Waals surface area contributed by atoms with Crippen molar-refractivity contribution in [3.8, 4) is 0 Å². The van der Waals surface area contributed by atoms with Gasteiger partial charge in [0.05, 0.1) is 6.10 Å². The molecule has 2 aliphatic rings. The number of rotatable bonds is 6. The number of hydrogen-bond donors (Lipinski definition) is 4. The number of nitrogens with one attached hydrogen (secondary N) is 3. The lowest BCUT2D eigenvalue weighted by atomic mass is 9.99. The Balaban J connectivity index is 1.43. The zero-order valence-electron chi connectivity index (χ0n) is 17.3. The summed E-state index contributed by atoms with van der Waals surface area (Å²) in [6, 6.07) is 10.3. The molecular weight excluding hydrogens is 380 g/mol. The highest BCUT2D eigenvalue weighted by atomic mass is 16.3. The largest absolute Gasteiger partial charge is 0.390 e. The number of aliphatic hydroxyl groups excluding tert-OH is 1.